The molecule has 2 N–H and O–H groups in total. The van der Waals surface area contributed by atoms with Gasteiger partial charge in [-0.05, 0) is 27.6 Å². The first kappa shape index (κ1) is 8.05. The van der Waals surface area contributed by atoms with E-state index in [1.54, 1.807) is 0 Å². The molecule has 1 aromatic rings. The molecule has 0 aliphatic rings. The van der Waals surface area contributed by atoms with Gasteiger partial charge in [0.1, 0.15) is 0 Å². The zero-order valence-electron chi connectivity index (χ0n) is 5.27. The molecule has 10 heavy (non-hydrogen) atoms. The summed E-state index contributed by atoms with van der Waals surface area (Å²) in [6, 6.07) is 5.65. The summed E-state index contributed by atoms with van der Waals surface area (Å²) in [5.74, 6) is 0. The standard InChI is InChI=1S/C7H7BrClN/c8-7-5(4-10)2-1-3-6(7)9/h1-3H,4,10H2. The van der Waals surface area contributed by atoms with Crippen molar-refractivity contribution in [1.29, 1.82) is 0 Å². The maximum atomic E-state index is 5.79. The minimum Gasteiger partial charge on any atom is -0.326 e. The summed E-state index contributed by atoms with van der Waals surface area (Å²) in [6.07, 6.45) is 0. The molecule has 0 atom stereocenters. The van der Waals surface area contributed by atoms with Gasteiger partial charge < -0.3 is 5.73 Å². The molecule has 0 fully saturated rings. The van der Waals surface area contributed by atoms with Crippen LogP contribution in [0.1, 0.15) is 5.56 Å². The van der Waals surface area contributed by atoms with Crippen LogP contribution < -0.4 is 5.73 Å². The largest absolute Gasteiger partial charge is 0.326 e. The van der Waals surface area contributed by atoms with Crippen LogP contribution in [0.2, 0.25) is 5.02 Å². The first-order valence-electron chi connectivity index (χ1n) is 2.88. The number of hydrogen-bond acceptors (Lipinski definition) is 1. The highest BCUT2D eigenvalue weighted by molar-refractivity contribution is 9.10. The molecule has 0 aliphatic carbocycles. The van der Waals surface area contributed by atoms with Crippen molar-refractivity contribution in [2.75, 3.05) is 0 Å². The van der Waals surface area contributed by atoms with Gasteiger partial charge in [-0.2, -0.15) is 0 Å². The van der Waals surface area contributed by atoms with Crippen molar-refractivity contribution in [3.05, 3.63) is 33.3 Å². The van der Waals surface area contributed by atoms with Crippen molar-refractivity contribution in [2.24, 2.45) is 5.73 Å². The predicted octanol–water partition coefficient (Wildman–Crippen LogP) is 2.56. The van der Waals surface area contributed by atoms with Crippen LogP contribution in [0, 0.1) is 0 Å². The third-order valence-corrected chi connectivity index (χ3v) is 2.73. The zero-order valence-corrected chi connectivity index (χ0v) is 7.61. The lowest BCUT2D eigenvalue weighted by Crippen LogP contribution is -1.96. The fourth-order valence-corrected chi connectivity index (χ4v) is 1.33. The lowest BCUT2D eigenvalue weighted by molar-refractivity contribution is 1.06. The molecule has 1 aromatic carbocycles. The quantitative estimate of drug-likeness (QED) is 0.773. The highest BCUT2D eigenvalue weighted by Gasteiger charge is 1.99. The second kappa shape index (κ2) is 3.37. The summed E-state index contributed by atoms with van der Waals surface area (Å²) in [4.78, 5) is 0. The average Bonchev–Trinajstić information content (AvgIpc) is 1.95. The first-order valence-corrected chi connectivity index (χ1v) is 4.05. The normalized spacial score (nSPS) is 9.90. The Hall–Kier alpha value is -0.0500. The highest BCUT2D eigenvalue weighted by atomic mass is 79.9. The molecule has 0 unspecified atom stereocenters. The van der Waals surface area contributed by atoms with E-state index in [1.165, 1.54) is 0 Å². The molecule has 54 valence electrons. The molecule has 0 heterocycles. The molecule has 0 amide bonds. The van der Waals surface area contributed by atoms with E-state index in [4.69, 9.17) is 17.3 Å². The van der Waals surface area contributed by atoms with Crippen LogP contribution in [-0.4, -0.2) is 0 Å². The van der Waals surface area contributed by atoms with Gasteiger partial charge in [0, 0.05) is 11.0 Å². The zero-order chi connectivity index (χ0) is 7.56. The molecule has 0 aromatic heterocycles. The molecule has 0 bridgehead atoms. The topological polar surface area (TPSA) is 26.0 Å². The number of benzene rings is 1. The van der Waals surface area contributed by atoms with E-state index in [1.807, 2.05) is 18.2 Å². The van der Waals surface area contributed by atoms with Crippen LogP contribution in [0.15, 0.2) is 22.7 Å². The van der Waals surface area contributed by atoms with E-state index in [2.05, 4.69) is 15.9 Å². The smallest absolute Gasteiger partial charge is 0.0551 e. The van der Waals surface area contributed by atoms with Crippen molar-refractivity contribution >= 4 is 27.5 Å². The van der Waals surface area contributed by atoms with Crippen molar-refractivity contribution < 1.29 is 0 Å². The summed E-state index contributed by atoms with van der Waals surface area (Å²) in [6.45, 7) is 0.515. The van der Waals surface area contributed by atoms with Gasteiger partial charge >= 0.3 is 0 Å². The Morgan fingerprint density at radius 2 is 2.20 bits per heavy atom. The van der Waals surface area contributed by atoms with Gasteiger partial charge in [-0.3, -0.25) is 0 Å². The number of hydrogen-bond donors (Lipinski definition) is 1. The van der Waals surface area contributed by atoms with E-state index in [-0.39, 0.29) is 0 Å². The molecular formula is C7H7BrClN. The fourth-order valence-electron chi connectivity index (χ4n) is 0.706. The van der Waals surface area contributed by atoms with Crippen LogP contribution >= 0.6 is 27.5 Å². The molecular weight excluding hydrogens is 213 g/mol. The summed E-state index contributed by atoms with van der Waals surface area (Å²) >= 11 is 9.12. The molecule has 0 saturated heterocycles. The average molecular weight is 220 g/mol. The maximum absolute atomic E-state index is 5.79. The number of rotatable bonds is 1. The van der Waals surface area contributed by atoms with E-state index >= 15 is 0 Å². The van der Waals surface area contributed by atoms with Crippen LogP contribution in [0.3, 0.4) is 0 Å². The van der Waals surface area contributed by atoms with Crippen LogP contribution in [0.4, 0.5) is 0 Å². The summed E-state index contributed by atoms with van der Waals surface area (Å²) in [7, 11) is 0. The molecule has 0 radical (unpaired) electrons. The Balaban J connectivity index is 3.14. The van der Waals surface area contributed by atoms with E-state index in [9.17, 15) is 0 Å². The second-order valence-electron chi connectivity index (χ2n) is 1.92. The van der Waals surface area contributed by atoms with Gasteiger partial charge in [-0.1, -0.05) is 23.7 Å². The lowest BCUT2D eigenvalue weighted by atomic mass is 10.2. The second-order valence-corrected chi connectivity index (χ2v) is 3.12. The molecule has 0 saturated carbocycles. The van der Waals surface area contributed by atoms with E-state index in [0.29, 0.717) is 11.6 Å². The maximum Gasteiger partial charge on any atom is 0.0551 e. The van der Waals surface area contributed by atoms with Crippen LogP contribution in [-0.2, 0) is 6.54 Å². The Labute approximate surface area is 73.3 Å². The predicted molar refractivity (Wildman–Crippen MR) is 47.0 cm³/mol. The summed E-state index contributed by atoms with van der Waals surface area (Å²) in [5, 5.41) is 0.711. The van der Waals surface area contributed by atoms with Crippen LogP contribution in [0.25, 0.3) is 0 Å². The van der Waals surface area contributed by atoms with E-state index < -0.39 is 0 Å². The van der Waals surface area contributed by atoms with Gasteiger partial charge in [0.25, 0.3) is 0 Å². The molecule has 1 rings (SSSR count). The summed E-state index contributed by atoms with van der Waals surface area (Å²) < 4.78 is 0.902. The van der Waals surface area contributed by atoms with Gasteiger partial charge in [0.05, 0.1) is 5.02 Å². The van der Waals surface area contributed by atoms with Crippen molar-refractivity contribution in [3.8, 4) is 0 Å². The Morgan fingerprint density at radius 3 is 2.70 bits per heavy atom. The minimum atomic E-state index is 0.515. The Morgan fingerprint density at radius 1 is 1.50 bits per heavy atom. The Kier molecular flexibility index (Phi) is 2.72. The van der Waals surface area contributed by atoms with Gasteiger partial charge in [-0.25, -0.2) is 0 Å². The lowest BCUT2D eigenvalue weighted by Gasteiger charge is -2.00. The molecule has 3 heteroatoms. The SMILES string of the molecule is NCc1cccc(Cl)c1Br. The third kappa shape index (κ3) is 1.51. The van der Waals surface area contributed by atoms with Gasteiger partial charge in [0.15, 0.2) is 0 Å². The number of nitrogens with two attached hydrogens (primary N) is 1. The highest BCUT2D eigenvalue weighted by Crippen LogP contribution is 2.25. The fraction of sp³-hybridized carbons (Fsp3) is 0.143. The Bertz CT molecular complexity index is 237. The van der Waals surface area contributed by atoms with Crippen LogP contribution in [0.5, 0.6) is 0 Å². The van der Waals surface area contributed by atoms with Gasteiger partial charge in [0.2, 0.25) is 0 Å². The van der Waals surface area contributed by atoms with Crippen molar-refractivity contribution in [1.82, 2.24) is 0 Å². The molecule has 0 spiro atoms. The van der Waals surface area contributed by atoms with Crippen molar-refractivity contribution in [2.45, 2.75) is 6.54 Å². The first-order chi connectivity index (χ1) is 4.75. The third-order valence-electron chi connectivity index (χ3n) is 1.25. The molecule has 1 nitrogen and oxygen atoms in total. The van der Waals surface area contributed by atoms with E-state index in [0.717, 1.165) is 10.0 Å². The number of halogens is 2. The monoisotopic (exact) mass is 219 g/mol. The summed E-state index contributed by atoms with van der Waals surface area (Å²) in [5.41, 5.74) is 6.47. The van der Waals surface area contributed by atoms with Crippen molar-refractivity contribution in [3.63, 3.8) is 0 Å². The molecule has 0 aliphatic heterocycles. The van der Waals surface area contributed by atoms with Gasteiger partial charge in [-0.15, -0.1) is 0 Å². The minimum absolute atomic E-state index is 0.515.